The van der Waals surface area contributed by atoms with E-state index in [1.807, 2.05) is 0 Å². The topological polar surface area (TPSA) is 58.6 Å². The Kier molecular flexibility index (Phi) is 5.00. The maximum absolute atomic E-state index is 9.79. The lowest BCUT2D eigenvalue weighted by Crippen LogP contribution is -2.37. The highest BCUT2D eigenvalue weighted by molar-refractivity contribution is 6.30. The molecule has 1 aliphatic carbocycles. The molecule has 2 atom stereocenters. The summed E-state index contributed by atoms with van der Waals surface area (Å²) in [5.41, 5.74) is 7.59. The first kappa shape index (κ1) is 15.3. The van der Waals surface area contributed by atoms with E-state index >= 15 is 0 Å². The third kappa shape index (κ3) is 3.15. The fourth-order valence-corrected chi connectivity index (χ4v) is 2.68. The molecule has 0 bridgehead atoms. The first-order valence-electron chi connectivity index (χ1n) is 6.35. The van der Waals surface area contributed by atoms with Gasteiger partial charge in [-0.2, -0.15) is 0 Å². The fourth-order valence-electron chi connectivity index (χ4n) is 2.62. The van der Waals surface area contributed by atoms with E-state index < -0.39 is 0 Å². The van der Waals surface area contributed by atoms with Gasteiger partial charge >= 0.3 is 0 Å². The predicted molar refractivity (Wildman–Crippen MR) is 77.9 cm³/mol. The summed E-state index contributed by atoms with van der Waals surface area (Å²) in [6.45, 7) is 9.75. The van der Waals surface area contributed by atoms with Crippen LogP contribution in [0.3, 0.4) is 0 Å². The number of aliphatic hydroxyl groups is 1. The Morgan fingerprint density at radius 2 is 2.22 bits per heavy atom. The molecule has 3 nitrogen and oxygen atoms in total. The van der Waals surface area contributed by atoms with Gasteiger partial charge in [-0.15, -0.1) is 0 Å². The summed E-state index contributed by atoms with van der Waals surface area (Å²) in [6, 6.07) is 0.118. The Balaban J connectivity index is 2.99. The van der Waals surface area contributed by atoms with Crippen molar-refractivity contribution in [2.45, 2.75) is 46.1 Å². The van der Waals surface area contributed by atoms with Crippen molar-refractivity contribution in [3.05, 3.63) is 22.6 Å². The minimum Gasteiger partial charge on any atom is -0.505 e. The van der Waals surface area contributed by atoms with Gasteiger partial charge < -0.3 is 10.8 Å². The smallest absolute Gasteiger partial charge is 0.170 e. The van der Waals surface area contributed by atoms with Crippen LogP contribution in [-0.2, 0) is 0 Å². The molecule has 0 aromatic carbocycles. The summed E-state index contributed by atoms with van der Waals surface area (Å²) in [4.78, 5) is 3.52. The second-order valence-electron chi connectivity index (χ2n) is 5.57. The molecule has 0 aliphatic heterocycles. The lowest BCUT2D eigenvalue weighted by Gasteiger charge is -2.28. The molecule has 0 aromatic rings. The van der Waals surface area contributed by atoms with Crippen molar-refractivity contribution in [2.24, 2.45) is 22.1 Å². The van der Waals surface area contributed by atoms with E-state index in [0.717, 1.165) is 24.8 Å². The van der Waals surface area contributed by atoms with Crippen LogP contribution in [0.15, 0.2) is 27.6 Å². The maximum Gasteiger partial charge on any atom is 0.170 e. The number of hydrogen-bond acceptors (Lipinski definition) is 3. The van der Waals surface area contributed by atoms with Crippen LogP contribution >= 0.6 is 11.6 Å². The van der Waals surface area contributed by atoms with Gasteiger partial charge in [0, 0.05) is 6.04 Å². The second-order valence-corrected chi connectivity index (χ2v) is 5.92. The second kappa shape index (κ2) is 5.89. The summed E-state index contributed by atoms with van der Waals surface area (Å²) in [7, 11) is 0. The third-order valence-electron chi connectivity index (χ3n) is 3.99. The van der Waals surface area contributed by atoms with E-state index in [1.54, 1.807) is 6.08 Å². The molecule has 3 N–H and O–H groups in total. The Bertz CT molecular complexity index is 385. The fraction of sp³-hybridized carbons (Fsp3) is 0.643. The highest BCUT2D eigenvalue weighted by atomic mass is 35.5. The summed E-state index contributed by atoms with van der Waals surface area (Å²) in [6.07, 6.45) is 4.71. The highest BCUT2D eigenvalue weighted by Crippen LogP contribution is 2.44. The van der Waals surface area contributed by atoms with E-state index in [0.29, 0.717) is 5.92 Å². The van der Waals surface area contributed by atoms with Gasteiger partial charge in [-0.25, -0.2) is 4.99 Å². The lowest BCUT2D eigenvalue weighted by molar-refractivity contribution is 0.311. The van der Waals surface area contributed by atoms with Crippen molar-refractivity contribution in [1.29, 1.82) is 0 Å². The maximum atomic E-state index is 9.79. The van der Waals surface area contributed by atoms with Crippen molar-refractivity contribution in [3.63, 3.8) is 0 Å². The minimum absolute atomic E-state index is 0.0274. The normalized spacial score (nSPS) is 29.1. The Morgan fingerprint density at radius 1 is 1.61 bits per heavy atom. The van der Waals surface area contributed by atoms with Gasteiger partial charge in [-0.1, -0.05) is 37.9 Å². The Morgan fingerprint density at radius 3 is 2.61 bits per heavy atom. The quantitative estimate of drug-likeness (QED) is 0.354. The average Bonchev–Trinajstić information content (AvgIpc) is 2.60. The molecule has 0 radical (unpaired) electrons. The van der Waals surface area contributed by atoms with Gasteiger partial charge in [-0.3, -0.25) is 0 Å². The van der Waals surface area contributed by atoms with E-state index in [2.05, 4.69) is 32.5 Å². The molecule has 1 saturated carbocycles. The molecule has 0 amide bonds. The molecule has 102 valence electrons. The van der Waals surface area contributed by atoms with Crippen molar-refractivity contribution in [2.75, 3.05) is 0 Å². The average molecular weight is 271 g/mol. The zero-order chi connectivity index (χ0) is 13.9. The van der Waals surface area contributed by atoms with E-state index in [4.69, 9.17) is 17.3 Å². The van der Waals surface area contributed by atoms with Gasteiger partial charge in [-0.05, 0) is 43.4 Å². The molecule has 0 spiro atoms. The zero-order valence-corrected chi connectivity index (χ0v) is 12.2. The molecule has 0 aromatic heterocycles. The van der Waals surface area contributed by atoms with E-state index in [-0.39, 0.29) is 22.4 Å². The van der Waals surface area contributed by atoms with Crippen molar-refractivity contribution in [1.82, 2.24) is 0 Å². The van der Waals surface area contributed by atoms with Gasteiger partial charge in [0.05, 0.1) is 0 Å². The summed E-state index contributed by atoms with van der Waals surface area (Å²) in [5.74, 6) is 0.279. The van der Waals surface area contributed by atoms with Crippen molar-refractivity contribution >= 4 is 18.3 Å². The van der Waals surface area contributed by atoms with Crippen molar-refractivity contribution < 1.29 is 5.11 Å². The van der Waals surface area contributed by atoms with Crippen LogP contribution in [0.25, 0.3) is 0 Å². The summed E-state index contributed by atoms with van der Waals surface area (Å²) >= 11 is 5.74. The molecule has 2 unspecified atom stereocenters. The zero-order valence-electron chi connectivity index (χ0n) is 11.4. The third-order valence-corrected chi connectivity index (χ3v) is 4.31. The van der Waals surface area contributed by atoms with Crippen LogP contribution in [0.1, 0.15) is 40.0 Å². The van der Waals surface area contributed by atoms with Crippen LogP contribution in [0.2, 0.25) is 0 Å². The lowest BCUT2D eigenvalue weighted by atomic mass is 9.82. The summed E-state index contributed by atoms with van der Waals surface area (Å²) < 4.78 is 0. The molecule has 4 heteroatoms. The van der Waals surface area contributed by atoms with Crippen LogP contribution in [-0.4, -0.2) is 17.9 Å². The van der Waals surface area contributed by atoms with Gasteiger partial charge in [0.25, 0.3) is 0 Å². The van der Waals surface area contributed by atoms with Crippen LogP contribution in [0.5, 0.6) is 0 Å². The number of halogens is 1. The number of nitrogens with two attached hydrogens (primary N) is 1. The molecular weight excluding hydrogens is 248 g/mol. The number of aliphatic hydroxyl groups excluding tert-OH is 1. The summed E-state index contributed by atoms with van der Waals surface area (Å²) in [5, 5.41) is 9.83. The SMILES string of the molecule is C=N/C(Cl)=C(O)\C=C(/CC)C1CCC(C)(C)C1N. The predicted octanol–water partition coefficient (Wildman–Crippen LogP) is 3.75. The molecular formula is C14H23ClN2O. The first-order chi connectivity index (χ1) is 8.33. The highest BCUT2D eigenvalue weighted by Gasteiger charge is 2.40. The molecule has 1 aliphatic rings. The van der Waals surface area contributed by atoms with Crippen LogP contribution < -0.4 is 5.73 Å². The largest absolute Gasteiger partial charge is 0.505 e. The van der Waals surface area contributed by atoms with Gasteiger partial charge in [0.15, 0.2) is 10.9 Å². The molecule has 0 heterocycles. The molecule has 1 rings (SSSR count). The van der Waals surface area contributed by atoms with E-state index in [1.165, 1.54) is 0 Å². The molecule has 1 fully saturated rings. The monoisotopic (exact) mass is 270 g/mol. The minimum atomic E-state index is -0.0274. The van der Waals surface area contributed by atoms with Crippen molar-refractivity contribution in [3.8, 4) is 0 Å². The number of aliphatic imine (C=N–C) groups is 1. The number of rotatable bonds is 4. The number of nitrogens with zero attached hydrogens (tertiary/aromatic N) is 1. The first-order valence-corrected chi connectivity index (χ1v) is 6.72. The Labute approximate surface area is 114 Å². The Hall–Kier alpha value is -0.800. The number of hydrogen-bond donors (Lipinski definition) is 2. The van der Waals surface area contributed by atoms with Gasteiger partial charge in [0.2, 0.25) is 0 Å². The van der Waals surface area contributed by atoms with E-state index in [9.17, 15) is 5.11 Å². The van der Waals surface area contributed by atoms with Crippen LogP contribution in [0.4, 0.5) is 0 Å². The van der Waals surface area contributed by atoms with Gasteiger partial charge in [0.1, 0.15) is 0 Å². The molecule has 0 saturated heterocycles. The number of allylic oxidation sites excluding steroid dienone is 1. The molecule has 18 heavy (non-hydrogen) atoms. The standard InChI is InChI=1S/C14H23ClN2O/c1-5-9(8-11(18)13(15)17-4)10-6-7-14(2,3)12(10)16/h8,10,12,18H,4-7,16H2,1-3H3/b9-8+,13-11+. The van der Waals surface area contributed by atoms with Crippen LogP contribution in [0, 0.1) is 11.3 Å².